The van der Waals surface area contributed by atoms with Gasteiger partial charge in [0, 0.05) is 16.3 Å². The lowest BCUT2D eigenvalue weighted by atomic mass is 9.97. The summed E-state index contributed by atoms with van der Waals surface area (Å²) in [7, 11) is 0. The number of aryl methyl sites for hydroxylation is 3. The van der Waals surface area contributed by atoms with E-state index in [4.69, 9.17) is 4.98 Å². The van der Waals surface area contributed by atoms with E-state index in [-0.39, 0.29) is 0 Å². The first kappa shape index (κ1) is 14.0. The van der Waals surface area contributed by atoms with Crippen LogP contribution in [0.3, 0.4) is 0 Å². The van der Waals surface area contributed by atoms with Crippen LogP contribution in [0.2, 0.25) is 0 Å². The number of nitrogens with zero attached hydrogens (tertiary/aromatic N) is 1. The minimum atomic E-state index is 1.07. The first-order chi connectivity index (χ1) is 11.1. The zero-order valence-corrected chi connectivity index (χ0v) is 13.7. The molecule has 0 saturated heterocycles. The highest BCUT2D eigenvalue weighted by Crippen LogP contribution is 2.34. The third kappa shape index (κ3) is 2.29. The van der Waals surface area contributed by atoms with E-state index >= 15 is 0 Å². The van der Waals surface area contributed by atoms with Crippen molar-refractivity contribution in [3.05, 3.63) is 77.4 Å². The Labute approximate surface area is 136 Å². The number of hydrogen-bond donors (Lipinski definition) is 0. The number of benzene rings is 3. The zero-order valence-electron chi connectivity index (χ0n) is 13.7. The second kappa shape index (κ2) is 5.20. The molecule has 0 unspecified atom stereocenters. The maximum absolute atomic E-state index is 5.04. The van der Waals surface area contributed by atoms with Crippen molar-refractivity contribution < 1.29 is 0 Å². The molecule has 1 nitrogen and oxygen atoms in total. The predicted octanol–water partition coefficient (Wildman–Crippen LogP) is 5.98. The van der Waals surface area contributed by atoms with E-state index in [1.165, 1.54) is 38.4 Å². The normalized spacial score (nSPS) is 11.3. The zero-order chi connectivity index (χ0) is 16.0. The third-order valence-electron chi connectivity index (χ3n) is 4.47. The number of pyridine rings is 1. The van der Waals surface area contributed by atoms with Crippen molar-refractivity contribution in [3.63, 3.8) is 0 Å². The van der Waals surface area contributed by atoms with Crippen molar-refractivity contribution in [1.29, 1.82) is 0 Å². The summed E-state index contributed by atoms with van der Waals surface area (Å²) in [6.07, 6.45) is 0. The van der Waals surface area contributed by atoms with Gasteiger partial charge in [0.25, 0.3) is 0 Å². The molecule has 1 heteroatoms. The molecule has 0 saturated carbocycles. The quantitative estimate of drug-likeness (QED) is 0.394. The summed E-state index contributed by atoms with van der Waals surface area (Å²) in [5, 5.41) is 3.74. The second-order valence-electron chi connectivity index (χ2n) is 6.35. The molecule has 0 amide bonds. The molecule has 4 aromatic rings. The lowest BCUT2D eigenvalue weighted by Gasteiger charge is -2.12. The van der Waals surface area contributed by atoms with Gasteiger partial charge in [-0.3, -0.25) is 0 Å². The number of hydrogen-bond acceptors (Lipinski definition) is 1. The van der Waals surface area contributed by atoms with E-state index in [2.05, 4.69) is 81.4 Å². The Bertz CT molecular complexity index is 1030. The van der Waals surface area contributed by atoms with Crippen molar-refractivity contribution in [2.75, 3.05) is 0 Å². The lowest BCUT2D eigenvalue weighted by Crippen LogP contribution is -1.92. The summed E-state index contributed by atoms with van der Waals surface area (Å²) in [4.78, 5) is 5.04. The third-order valence-corrected chi connectivity index (χ3v) is 4.47. The Morgan fingerprint density at radius 2 is 1.35 bits per heavy atom. The molecule has 0 aliphatic carbocycles. The molecule has 0 fully saturated rings. The summed E-state index contributed by atoms with van der Waals surface area (Å²) >= 11 is 0. The topological polar surface area (TPSA) is 12.9 Å². The smallest absolute Gasteiger partial charge is 0.0788 e. The number of rotatable bonds is 1. The summed E-state index contributed by atoms with van der Waals surface area (Å²) in [5.41, 5.74) is 7.13. The Balaban J connectivity index is 2.16. The molecule has 0 bridgehead atoms. The molecule has 1 heterocycles. The SMILES string of the molecule is Cc1ccc(-c2nc3c(C)cc(C)cc3c3ccccc23)cc1. The van der Waals surface area contributed by atoms with E-state index < -0.39 is 0 Å². The molecule has 0 atom stereocenters. The summed E-state index contributed by atoms with van der Waals surface area (Å²) in [6, 6.07) is 21.7. The van der Waals surface area contributed by atoms with Crippen LogP contribution >= 0.6 is 0 Å². The van der Waals surface area contributed by atoms with Crippen LogP contribution in [0, 0.1) is 20.8 Å². The monoisotopic (exact) mass is 297 g/mol. The largest absolute Gasteiger partial charge is 0.247 e. The van der Waals surface area contributed by atoms with E-state index in [0.717, 1.165) is 11.2 Å². The Hall–Kier alpha value is -2.67. The minimum absolute atomic E-state index is 1.07. The van der Waals surface area contributed by atoms with Crippen LogP contribution in [0.4, 0.5) is 0 Å². The van der Waals surface area contributed by atoms with Gasteiger partial charge >= 0.3 is 0 Å². The molecule has 23 heavy (non-hydrogen) atoms. The highest BCUT2D eigenvalue weighted by Gasteiger charge is 2.11. The van der Waals surface area contributed by atoms with Gasteiger partial charge in [-0.05, 0) is 37.8 Å². The van der Waals surface area contributed by atoms with Crippen LogP contribution < -0.4 is 0 Å². The molecule has 0 N–H and O–H groups in total. The van der Waals surface area contributed by atoms with Crippen LogP contribution in [-0.4, -0.2) is 4.98 Å². The van der Waals surface area contributed by atoms with Gasteiger partial charge in [-0.1, -0.05) is 65.7 Å². The fourth-order valence-corrected chi connectivity index (χ4v) is 3.34. The van der Waals surface area contributed by atoms with Crippen LogP contribution in [0.15, 0.2) is 60.7 Å². The van der Waals surface area contributed by atoms with Crippen molar-refractivity contribution in [2.45, 2.75) is 20.8 Å². The van der Waals surface area contributed by atoms with Crippen LogP contribution in [0.25, 0.3) is 32.9 Å². The van der Waals surface area contributed by atoms with E-state index in [1.807, 2.05) is 0 Å². The highest BCUT2D eigenvalue weighted by molar-refractivity contribution is 6.11. The van der Waals surface area contributed by atoms with Crippen molar-refractivity contribution >= 4 is 21.7 Å². The van der Waals surface area contributed by atoms with Gasteiger partial charge in [0.05, 0.1) is 11.2 Å². The molecular formula is C22H19N. The summed E-state index contributed by atoms with van der Waals surface area (Å²) < 4.78 is 0. The van der Waals surface area contributed by atoms with Gasteiger partial charge in [0.2, 0.25) is 0 Å². The van der Waals surface area contributed by atoms with Crippen molar-refractivity contribution in [1.82, 2.24) is 4.98 Å². The molecule has 4 rings (SSSR count). The van der Waals surface area contributed by atoms with Gasteiger partial charge in [0.15, 0.2) is 0 Å². The summed E-state index contributed by atoms with van der Waals surface area (Å²) in [5.74, 6) is 0. The molecular weight excluding hydrogens is 278 g/mol. The molecule has 1 aromatic heterocycles. The van der Waals surface area contributed by atoms with Gasteiger partial charge in [-0.15, -0.1) is 0 Å². The van der Waals surface area contributed by atoms with Crippen LogP contribution in [-0.2, 0) is 0 Å². The lowest BCUT2D eigenvalue weighted by molar-refractivity contribution is 1.35. The number of fused-ring (bicyclic) bond motifs is 3. The molecule has 0 aliphatic rings. The summed E-state index contributed by atoms with van der Waals surface area (Å²) in [6.45, 7) is 6.41. The van der Waals surface area contributed by atoms with Crippen LogP contribution in [0.5, 0.6) is 0 Å². The van der Waals surface area contributed by atoms with E-state index in [0.29, 0.717) is 0 Å². The first-order valence-electron chi connectivity index (χ1n) is 8.00. The average Bonchev–Trinajstić information content (AvgIpc) is 2.55. The Morgan fingerprint density at radius 1 is 0.652 bits per heavy atom. The molecule has 112 valence electrons. The van der Waals surface area contributed by atoms with Crippen molar-refractivity contribution in [3.8, 4) is 11.3 Å². The van der Waals surface area contributed by atoms with Gasteiger partial charge < -0.3 is 0 Å². The average molecular weight is 297 g/mol. The molecule has 0 spiro atoms. The second-order valence-corrected chi connectivity index (χ2v) is 6.35. The highest BCUT2D eigenvalue weighted by atomic mass is 14.7. The van der Waals surface area contributed by atoms with E-state index in [9.17, 15) is 0 Å². The van der Waals surface area contributed by atoms with Gasteiger partial charge in [0.1, 0.15) is 0 Å². The Morgan fingerprint density at radius 3 is 2.09 bits per heavy atom. The Kier molecular flexibility index (Phi) is 3.16. The molecule has 0 radical (unpaired) electrons. The number of aromatic nitrogens is 1. The maximum Gasteiger partial charge on any atom is 0.0788 e. The fourth-order valence-electron chi connectivity index (χ4n) is 3.34. The van der Waals surface area contributed by atoms with Gasteiger partial charge in [-0.25, -0.2) is 4.98 Å². The van der Waals surface area contributed by atoms with E-state index in [1.54, 1.807) is 0 Å². The standard InChI is InChI=1S/C22H19N/c1-14-8-10-17(11-9-14)22-19-7-5-4-6-18(19)20-13-15(2)12-16(3)21(20)23-22/h4-13H,1-3H3. The molecule has 3 aromatic carbocycles. The van der Waals surface area contributed by atoms with Gasteiger partial charge in [-0.2, -0.15) is 0 Å². The first-order valence-corrected chi connectivity index (χ1v) is 8.00. The molecule has 0 aliphatic heterocycles. The van der Waals surface area contributed by atoms with Crippen molar-refractivity contribution in [2.24, 2.45) is 0 Å². The fraction of sp³-hybridized carbons (Fsp3) is 0.136. The maximum atomic E-state index is 5.04. The minimum Gasteiger partial charge on any atom is -0.247 e. The predicted molar refractivity (Wildman–Crippen MR) is 98.9 cm³/mol. The van der Waals surface area contributed by atoms with Crippen LogP contribution in [0.1, 0.15) is 16.7 Å².